The van der Waals surface area contributed by atoms with Gasteiger partial charge < -0.3 is 5.32 Å². The van der Waals surface area contributed by atoms with E-state index in [0.717, 1.165) is 10.4 Å². The van der Waals surface area contributed by atoms with Crippen LogP contribution in [0.15, 0.2) is 10.9 Å². The van der Waals surface area contributed by atoms with Crippen molar-refractivity contribution in [1.82, 2.24) is 19.6 Å². The second-order valence-corrected chi connectivity index (χ2v) is 5.00. The van der Waals surface area contributed by atoms with Gasteiger partial charge in [0.15, 0.2) is 0 Å². The molecule has 0 radical (unpaired) electrons. The SMILES string of the molecule is Cc1cc(NC(=O)Cn2nc(C)c(C)c(C#N)c2=O)n(C)n1. The third-order valence-electron chi connectivity index (χ3n) is 3.31. The second-order valence-electron chi connectivity index (χ2n) is 5.00. The summed E-state index contributed by atoms with van der Waals surface area (Å²) in [5, 5.41) is 19.9. The Labute approximate surface area is 127 Å². The normalized spacial score (nSPS) is 10.3. The molecule has 0 unspecified atom stereocenters. The minimum absolute atomic E-state index is 0.0108. The number of aromatic nitrogens is 4. The molecule has 1 amide bonds. The number of hydrogen-bond acceptors (Lipinski definition) is 5. The summed E-state index contributed by atoms with van der Waals surface area (Å²) < 4.78 is 2.53. The smallest absolute Gasteiger partial charge is 0.285 e. The van der Waals surface area contributed by atoms with Gasteiger partial charge in [0.25, 0.3) is 5.56 Å². The predicted octanol–water partition coefficient (Wildman–Crippen LogP) is 0.412. The van der Waals surface area contributed by atoms with E-state index in [1.54, 1.807) is 27.0 Å². The van der Waals surface area contributed by atoms with Gasteiger partial charge in [-0.05, 0) is 26.3 Å². The first-order valence-electron chi connectivity index (χ1n) is 6.62. The molecule has 0 aliphatic carbocycles. The molecular formula is C14H16N6O2. The Morgan fingerprint density at radius 2 is 2.05 bits per heavy atom. The van der Waals surface area contributed by atoms with Gasteiger partial charge in [-0.1, -0.05) is 0 Å². The van der Waals surface area contributed by atoms with Crippen molar-refractivity contribution in [2.75, 3.05) is 5.32 Å². The molecule has 2 aromatic heterocycles. The third kappa shape index (κ3) is 2.88. The van der Waals surface area contributed by atoms with Crippen molar-refractivity contribution in [2.24, 2.45) is 7.05 Å². The summed E-state index contributed by atoms with van der Waals surface area (Å²) in [6.45, 7) is 4.89. The van der Waals surface area contributed by atoms with Gasteiger partial charge in [0, 0.05) is 13.1 Å². The molecule has 114 valence electrons. The number of rotatable bonds is 3. The lowest BCUT2D eigenvalue weighted by atomic mass is 10.1. The lowest BCUT2D eigenvalue weighted by Crippen LogP contribution is -2.32. The zero-order valence-corrected chi connectivity index (χ0v) is 12.8. The van der Waals surface area contributed by atoms with Crippen molar-refractivity contribution in [2.45, 2.75) is 27.3 Å². The Morgan fingerprint density at radius 3 is 2.59 bits per heavy atom. The highest BCUT2D eigenvalue weighted by atomic mass is 16.2. The molecule has 2 rings (SSSR count). The van der Waals surface area contributed by atoms with Crippen LogP contribution in [0.3, 0.4) is 0 Å². The molecule has 2 heterocycles. The van der Waals surface area contributed by atoms with Crippen LogP contribution < -0.4 is 10.9 Å². The Bertz CT molecular complexity index is 840. The molecule has 0 aromatic carbocycles. The highest BCUT2D eigenvalue weighted by molar-refractivity contribution is 5.89. The van der Waals surface area contributed by atoms with E-state index >= 15 is 0 Å². The third-order valence-corrected chi connectivity index (χ3v) is 3.31. The lowest BCUT2D eigenvalue weighted by Gasteiger charge is -2.09. The summed E-state index contributed by atoms with van der Waals surface area (Å²) in [5.74, 6) is 0.115. The topological polar surface area (TPSA) is 106 Å². The van der Waals surface area contributed by atoms with Crippen LogP contribution in [0.2, 0.25) is 0 Å². The van der Waals surface area contributed by atoms with Crippen LogP contribution in [0.1, 0.15) is 22.5 Å². The van der Waals surface area contributed by atoms with Crippen molar-refractivity contribution >= 4 is 11.7 Å². The molecule has 8 nitrogen and oxygen atoms in total. The molecule has 0 fully saturated rings. The number of amides is 1. The van der Waals surface area contributed by atoms with E-state index < -0.39 is 11.5 Å². The monoisotopic (exact) mass is 300 g/mol. The van der Waals surface area contributed by atoms with E-state index in [2.05, 4.69) is 15.5 Å². The maximum atomic E-state index is 12.1. The van der Waals surface area contributed by atoms with Crippen LogP contribution in [0.25, 0.3) is 0 Å². The minimum atomic E-state index is -0.568. The van der Waals surface area contributed by atoms with Gasteiger partial charge >= 0.3 is 0 Å². The fourth-order valence-corrected chi connectivity index (χ4v) is 2.06. The first-order valence-corrected chi connectivity index (χ1v) is 6.62. The largest absolute Gasteiger partial charge is 0.309 e. The molecule has 0 saturated carbocycles. The summed E-state index contributed by atoms with van der Waals surface area (Å²) in [7, 11) is 1.71. The van der Waals surface area contributed by atoms with Crippen LogP contribution in [0.5, 0.6) is 0 Å². The van der Waals surface area contributed by atoms with Gasteiger partial charge in [-0.25, -0.2) is 4.68 Å². The average molecular weight is 300 g/mol. The molecule has 0 spiro atoms. The Morgan fingerprint density at radius 1 is 1.36 bits per heavy atom. The number of anilines is 1. The van der Waals surface area contributed by atoms with E-state index in [1.807, 2.05) is 13.0 Å². The van der Waals surface area contributed by atoms with Crippen molar-refractivity contribution in [3.05, 3.63) is 38.9 Å². The Hall–Kier alpha value is -2.95. The lowest BCUT2D eigenvalue weighted by molar-refractivity contribution is -0.117. The Balaban J connectivity index is 2.26. The summed E-state index contributed by atoms with van der Waals surface area (Å²) >= 11 is 0. The van der Waals surface area contributed by atoms with Gasteiger partial charge in [-0.3, -0.25) is 14.3 Å². The minimum Gasteiger partial charge on any atom is -0.309 e. The van der Waals surface area contributed by atoms with Crippen LogP contribution >= 0.6 is 0 Å². The van der Waals surface area contributed by atoms with Gasteiger partial charge in [0.05, 0.1) is 11.4 Å². The predicted molar refractivity (Wildman–Crippen MR) is 79.3 cm³/mol. The number of aryl methyl sites for hydroxylation is 3. The molecule has 22 heavy (non-hydrogen) atoms. The number of nitrogens with one attached hydrogen (secondary N) is 1. The number of nitriles is 1. The van der Waals surface area contributed by atoms with Gasteiger partial charge in [0.2, 0.25) is 5.91 Å². The van der Waals surface area contributed by atoms with E-state index in [9.17, 15) is 9.59 Å². The molecule has 0 aliphatic rings. The molecule has 2 aromatic rings. The van der Waals surface area contributed by atoms with E-state index in [4.69, 9.17) is 5.26 Å². The summed E-state index contributed by atoms with van der Waals surface area (Å²) in [5.41, 5.74) is 1.29. The van der Waals surface area contributed by atoms with Crippen LogP contribution in [0, 0.1) is 32.1 Å². The molecular weight excluding hydrogens is 284 g/mol. The van der Waals surface area contributed by atoms with Crippen LogP contribution in [0.4, 0.5) is 5.82 Å². The Kier molecular flexibility index (Phi) is 4.08. The van der Waals surface area contributed by atoms with Crippen molar-refractivity contribution in [3.63, 3.8) is 0 Å². The molecule has 8 heteroatoms. The number of hydrogen-bond donors (Lipinski definition) is 1. The summed E-state index contributed by atoms with van der Waals surface area (Å²) in [6.07, 6.45) is 0. The van der Waals surface area contributed by atoms with Crippen molar-refractivity contribution in [3.8, 4) is 6.07 Å². The van der Waals surface area contributed by atoms with Crippen molar-refractivity contribution < 1.29 is 4.79 Å². The highest BCUT2D eigenvalue weighted by Crippen LogP contribution is 2.08. The quantitative estimate of drug-likeness (QED) is 0.884. The first kappa shape index (κ1) is 15.4. The highest BCUT2D eigenvalue weighted by Gasteiger charge is 2.14. The van der Waals surface area contributed by atoms with Crippen LogP contribution in [-0.2, 0) is 18.4 Å². The molecule has 0 bridgehead atoms. The van der Waals surface area contributed by atoms with E-state index in [1.165, 1.54) is 4.68 Å². The summed E-state index contributed by atoms with van der Waals surface area (Å²) in [4.78, 5) is 24.2. The van der Waals surface area contributed by atoms with Crippen molar-refractivity contribution in [1.29, 1.82) is 5.26 Å². The number of carbonyl (C=O) groups excluding carboxylic acids is 1. The maximum absolute atomic E-state index is 12.1. The van der Waals surface area contributed by atoms with E-state index in [0.29, 0.717) is 17.1 Å². The standard InChI is InChI=1S/C14H16N6O2/c1-8-5-12(19(4)17-8)16-13(21)7-20-14(22)11(6-15)9(2)10(3)18-20/h5H,7H2,1-4H3,(H,16,21). The molecule has 0 atom stereocenters. The van der Waals surface area contributed by atoms with Gasteiger partial charge in [-0.2, -0.15) is 15.5 Å². The average Bonchev–Trinajstić information content (AvgIpc) is 2.75. The molecule has 0 aliphatic heterocycles. The zero-order valence-electron chi connectivity index (χ0n) is 12.8. The molecule has 1 N–H and O–H groups in total. The summed E-state index contributed by atoms with van der Waals surface area (Å²) in [6, 6.07) is 3.58. The number of carbonyl (C=O) groups is 1. The fraction of sp³-hybridized carbons (Fsp3) is 0.357. The van der Waals surface area contributed by atoms with Crippen LogP contribution in [-0.4, -0.2) is 25.5 Å². The maximum Gasteiger partial charge on any atom is 0.285 e. The first-order chi connectivity index (χ1) is 10.3. The zero-order chi connectivity index (χ0) is 16.4. The second kappa shape index (κ2) is 5.81. The molecule has 0 saturated heterocycles. The number of nitrogens with zero attached hydrogens (tertiary/aromatic N) is 5. The van der Waals surface area contributed by atoms with E-state index in [-0.39, 0.29) is 12.1 Å². The van der Waals surface area contributed by atoms with Gasteiger partial charge in [-0.15, -0.1) is 0 Å². The fourth-order valence-electron chi connectivity index (χ4n) is 2.06. The van der Waals surface area contributed by atoms with Gasteiger partial charge in [0.1, 0.15) is 24.0 Å².